The summed E-state index contributed by atoms with van der Waals surface area (Å²) in [5.74, 6) is -1.02. The van der Waals surface area contributed by atoms with Crippen molar-refractivity contribution in [2.75, 3.05) is 6.54 Å². The Labute approximate surface area is 124 Å². The lowest BCUT2D eigenvalue weighted by atomic mass is 9.71. The predicted molar refractivity (Wildman–Crippen MR) is 79.1 cm³/mol. The van der Waals surface area contributed by atoms with Gasteiger partial charge in [-0.05, 0) is 37.3 Å². The van der Waals surface area contributed by atoms with E-state index in [4.69, 9.17) is 5.11 Å². The number of nitrogens with one attached hydrogen (secondary N) is 1. The van der Waals surface area contributed by atoms with Gasteiger partial charge in [0.15, 0.2) is 0 Å². The van der Waals surface area contributed by atoms with Crippen molar-refractivity contribution in [1.82, 2.24) is 10.3 Å². The van der Waals surface area contributed by atoms with Crippen molar-refractivity contribution in [3.8, 4) is 0 Å². The van der Waals surface area contributed by atoms with Crippen LogP contribution in [0.25, 0.3) is 0 Å². The van der Waals surface area contributed by atoms with Crippen LogP contribution in [0.4, 0.5) is 0 Å². The summed E-state index contributed by atoms with van der Waals surface area (Å²) in [6.45, 7) is 2.25. The normalized spacial score (nSPS) is 17.2. The number of carboxylic acid groups (broad SMARTS) is 1. The maximum absolute atomic E-state index is 12.1. The van der Waals surface area contributed by atoms with Gasteiger partial charge < -0.3 is 10.4 Å². The Bertz CT molecular complexity index is 522. The number of hydrogen-bond donors (Lipinski definition) is 2. The van der Waals surface area contributed by atoms with Crippen LogP contribution in [0.5, 0.6) is 0 Å². The van der Waals surface area contributed by atoms with Crippen LogP contribution in [0, 0.1) is 12.3 Å². The van der Waals surface area contributed by atoms with Crippen molar-refractivity contribution in [2.45, 2.75) is 45.4 Å². The van der Waals surface area contributed by atoms with E-state index >= 15 is 0 Å². The highest BCUT2D eigenvalue weighted by atomic mass is 16.4. The molecule has 0 aliphatic heterocycles. The number of pyridine rings is 1. The Kier molecular flexibility index (Phi) is 4.94. The highest BCUT2D eigenvalue weighted by Gasteiger charge is 2.34. The van der Waals surface area contributed by atoms with Crippen molar-refractivity contribution in [3.63, 3.8) is 0 Å². The van der Waals surface area contributed by atoms with E-state index < -0.39 is 5.97 Å². The number of aryl methyl sites for hydroxylation is 1. The zero-order valence-corrected chi connectivity index (χ0v) is 12.4. The molecule has 1 saturated carbocycles. The van der Waals surface area contributed by atoms with Gasteiger partial charge in [-0.2, -0.15) is 0 Å². The largest absolute Gasteiger partial charge is 0.481 e. The molecule has 0 spiro atoms. The van der Waals surface area contributed by atoms with Gasteiger partial charge >= 0.3 is 5.97 Å². The maximum atomic E-state index is 12.1. The molecule has 2 rings (SSSR count). The van der Waals surface area contributed by atoms with E-state index in [0.717, 1.165) is 37.8 Å². The quantitative estimate of drug-likeness (QED) is 0.873. The first kappa shape index (κ1) is 15.5. The molecule has 21 heavy (non-hydrogen) atoms. The van der Waals surface area contributed by atoms with E-state index in [9.17, 15) is 9.59 Å². The third-order valence-electron chi connectivity index (χ3n) is 4.19. The van der Waals surface area contributed by atoms with Crippen molar-refractivity contribution in [1.29, 1.82) is 0 Å². The van der Waals surface area contributed by atoms with Gasteiger partial charge in [0.05, 0.1) is 6.42 Å². The fourth-order valence-electron chi connectivity index (χ4n) is 3.07. The first-order valence-corrected chi connectivity index (χ1v) is 7.44. The van der Waals surface area contributed by atoms with Crippen molar-refractivity contribution in [2.24, 2.45) is 5.41 Å². The topological polar surface area (TPSA) is 79.3 Å². The minimum absolute atomic E-state index is 0.120. The van der Waals surface area contributed by atoms with Gasteiger partial charge in [0.2, 0.25) is 0 Å². The van der Waals surface area contributed by atoms with E-state index in [1.54, 1.807) is 12.1 Å². The number of aliphatic carboxylic acids is 1. The van der Waals surface area contributed by atoms with E-state index in [1.807, 2.05) is 13.0 Å². The first-order valence-electron chi connectivity index (χ1n) is 7.44. The molecule has 1 fully saturated rings. The van der Waals surface area contributed by atoms with Crippen molar-refractivity contribution in [3.05, 3.63) is 29.6 Å². The smallest absolute Gasteiger partial charge is 0.303 e. The number of nitrogens with zero attached hydrogens (tertiary/aromatic N) is 1. The fraction of sp³-hybridized carbons (Fsp3) is 0.562. The Hall–Kier alpha value is -1.91. The molecule has 0 radical (unpaired) electrons. The van der Waals surface area contributed by atoms with Crippen LogP contribution in [0.2, 0.25) is 0 Å². The molecule has 5 nitrogen and oxygen atoms in total. The molecule has 114 valence electrons. The summed E-state index contributed by atoms with van der Waals surface area (Å²) in [7, 11) is 0. The monoisotopic (exact) mass is 290 g/mol. The highest BCUT2D eigenvalue weighted by molar-refractivity contribution is 5.92. The average molecular weight is 290 g/mol. The van der Waals surface area contributed by atoms with Crippen molar-refractivity contribution < 1.29 is 14.7 Å². The standard InChI is InChI=1S/C16H22N2O3/c1-12-6-5-7-13(18-12)15(21)17-11-16(10-14(19)20)8-3-2-4-9-16/h5-7H,2-4,8-11H2,1H3,(H,17,21)(H,19,20). The van der Waals surface area contributed by atoms with Crippen LogP contribution in [0.3, 0.4) is 0 Å². The van der Waals surface area contributed by atoms with Gasteiger partial charge in [-0.15, -0.1) is 0 Å². The minimum Gasteiger partial charge on any atom is -0.481 e. The van der Waals surface area contributed by atoms with Gasteiger partial charge in [-0.25, -0.2) is 4.98 Å². The summed E-state index contributed by atoms with van der Waals surface area (Å²) in [4.78, 5) is 27.4. The number of carboxylic acids is 1. The summed E-state index contributed by atoms with van der Waals surface area (Å²) in [6.07, 6.45) is 5.06. The Morgan fingerprint density at radius 2 is 2.00 bits per heavy atom. The number of rotatable bonds is 5. The van der Waals surface area contributed by atoms with Gasteiger partial charge in [0.25, 0.3) is 5.91 Å². The third-order valence-corrected chi connectivity index (χ3v) is 4.19. The number of aromatic nitrogens is 1. The molecule has 1 aliphatic rings. The minimum atomic E-state index is -0.792. The predicted octanol–water partition coefficient (Wildman–Crippen LogP) is 2.55. The van der Waals surface area contributed by atoms with Gasteiger partial charge in [-0.3, -0.25) is 9.59 Å². The van der Waals surface area contributed by atoms with Crippen molar-refractivity contribution >= 4 is 11.9 Å². The Morgan fingerprint density at radius 1 is 1.29 bits per heavy atom. The number of amides is 1. The summed E-state index contributed by atoms with van der Waals surface area (Å²) < 4.78 is 0. The van der Waals surface area contributed by atoms with Crippen LogP contribution in [0.15, 0.2) is 18.2 Å². The molecule has 0 saturated heterocycles. The lowest BCUT2D eigenvalue weighted by Gasteiger charge is -2.36. The molecule has 0 atom stereocenters. The van der Waals surface area contributed by atoms with Gasteiger partial charge in [0, 0.05) is 12.2 Å². The lowest BCUT2D eigenvalue weighted by Crippen LogP contribution is -2.40. The molecule has 1 aromatic rings. The Morgan fingerprint density at radius 3 is 2.62 bits per heavy atom. The molecular formula is C16H22N2O3. The second-order valence-electron chi connectivity index (χ2n) is 5.98. The van der Waals surface area contributed by atoms with Crippen LogP contribution in [-0.4, -0.2) is 28.5 Å². The zero-order valence-electron chi connectivity index (χ0n) is 12.4. The van der Waals surface area contributed by atoms with Crippen LogP contribution >= 0.6 is 0 Å². The molecule has 0 bridgehead atoms. The second kappa shape index (κ2) is 6.70. The molecule has 1 aromatic heterocycles. The molecular weight excluding hydrogens is 268 g/mol. The summed E-state index contributed by atoms with van der Waals surface area (Å²) in [5, 5.41) is 12.0. The van der Waals surface area contributed by atoms with Gasteiger partial charge in [0.1, 0.15) is 5.69 Å². The molecule has 0 aromatic carbocycles. The van der Waals surface area contributed by atoms with E-state index in [1.165, 1.54) is 0 Å². The second-order valence-corrected chi connectivity index (χ2v) is 5.98. The van der Waals surface area contributed by atoms with Crippen LogP contribution in [-0.2, 0) is 4.79 Å². The maximum Gasteiger partial charge on any atom is 0.303 e. The fourth-order valence-corrected chi connectivity index (χ4v) is 3.07. The van der Waals surface area contributed by atoms with E-state index in [-0.39, 0.29) is 17.7 Å². The highest BCUT2D eigenvalue weighted by Crippen LogP contribution is 2.38. The molecule has 1 amide bonds. The van der Waals surface area contributed by atoms with E-state index in [0.29, 0.717) is 12.2 Å². The SMILES string of the molecule is Cc1cccc(C(=O)NCC2(CC(=O)O)CCCCC2)n1. The van der Waals surface area contributed by atoms with E-state index in [2.05, 4.69) is 10.3 Å². The van der Waals surface area contributed by atoms with Crippen LogP contribution in [0.1, 0.15) is 54.7 Å². The number of hydrogen-bond acceptors (Lipinski definition) is 3. The molecule has 2 N–H and O–H groups in total. The first-order chi connectivity index (χ1) is 10.0. The molecule has 1 aliphatic carbocycles. The Balaban J connectivity index is 2.01. The van der Waals surface area contributed by atoms with Gasteiger partial charge in [-0.1, -0.05) is 25.3 Å². The summed E-state index contributed by atoms with van der Waals surface area (Å²) in [6, 6.07) is 5.31. The summed E-state index contributed by atoms with van der Waals surface area (Å²) >= 11 is 0. The average Bonchev–Trinajstić information content (AvgIpc) is 2.45. The van der Waals surface area contributed by atoms with Crippen LogP contribution < -0.4 is 5.32 Å². The lowest BCUT2D eigenvalue weighted by molar-refractivity contribution is -0.140. The molecule has 0 unspecified atom stereocenters. The number of carbonyl (C=O) groups is 2. The molecule has 5 heteroatoms. The third kappa shape index (κ3) is 4.28. The zero-order chi connectivity index (χ0) is 15.3. The molecule has 1 heterocycles. The summed E-state index contributed by atoms with van der Waals surface area (Å²) in [5.41, 5.74) is 0.876. The number of carbonyl (C=O) groups excluding carboxylic acids is 1.